The third-order valence-corrected chi connectivity index (χ3v) is 4.69. The molecule has 0 heterocycles. The van der Waals surface area contributed by atoms with Crippen LogP contribution in [0.2, 0.25) is 0 Å². The molecule has 0 aliphatic carbocycles. The number of benzene rings is 1. The molecule has 2 N–H and O–H groups in total. The number of hydrogen-bond donors (Lipinski definition) is 2. The highest BCUT2D eigenvalue weighted by Crippen LogP contribution is 2.25. The molecule has 102 valence electrons. The maximum absolute atomic E-state index is 9.39. The number of nitrogens with one attached hydrogen (secondary N) is 1. The predicted molar refractivity (Wildman–Crippen MR) is 81.1 cm³/mol. The number of hydrogen-bond acceptors (Lipinski definition) is 3. The van der Waals surface area contributed by atoms with Crippen molar-refractivity contribution in [2.45, 2.75) is 43.7 Å². The molecule has 1 rings (SSSR count). The summed E-state index contributed by atoms with van der Waals surface area (Å²) in [4.78, 5) is 0. The highest BCUT2D eigenvalue weighted by molar-refractivity contribution is 7.99. The first-order valence-corrected chi connectivity index (χ1v) is 7.51. The van der Waals surface area contributed by atoms with Gasteiger partial charge in [-0.05, 0) is 38.4 Å². The smallest absolute Gasteiger partial charge is 0.0610 e. The van der Waals surface area contributed by atoms with E-state index in [0.29, 0.717) is 5.25 Å². The minimum Gasteiger partial charge on any atom is -0.394 e. The Bertz CT molecular complexity index is 363. The summed E-state index contributed by atoms with van der Waals surface area (Å²) in [6, 6.07) is 8.53. The van der Waals surface area contributed by atoms with Crippen LogP contribution < -0.4 is 5.32 Å². The number of aryl methyl sites for hydroxylation is 1. The largest absolute Gasteiger partial charge is 0.394 e. The molecule has 3 heteroatoms. The SMILES string of the molecule is CNC(C)(CO)CC(C)SCc1ccccc1C. The molecular weight excluding hydrogens is 242 g/mol. The van der Waals surface area contributed by atoms with E-state index in [1.54, 1.807) is 0 Å². The fourth-order valence-electron chi connectivity index (χ4n) is 1.94. The fourth-order valence-corrected chi connectivity index (χ4v) is 3.22. The molecule has 0 fully saturated rings. The molecule has 0 aliphatic rings. The standard InChI is InChI=1S/C15H25NOS/c1-12-7-5-6-8-14(12)10-18-13(2)9-15(3,11-17)16-4/h5-8,13,16-17H,9-11H2,1-4H3. The lowest BCUT2D eigenvalue weighted by Crippen LogP contribution is -2.45. The molecule has 0 amide bonds. The van der Waals surface area contributed by atoms with Crippen LogP contribution in [0.5, 0.6) is 0 Å². The highest BCUT2D eigenvalue weighted by atomic mass is 32.2. The number of thioether (sulfide) groups is 1. The van der Waals surface area contributed by atoms with E-state index in [2.05, 4.69) is 50.4 Å². The first kappa shape index (κ1) is 15.5. The maximum atomic E-state index is 9.39. The number of rotatable bonds is 7. The van der Waals surface area contributed by atoms with Gasteiger partial charge in [0.2, 0.25) is 0 Å². The molecule has 2 nitrogen and oxygen atoms in total. The maximum Gasteiger partial charge on any atom is 0.0610 e. The van der Waals surface area contributed by atoms with Gasteiger partial charge in [0, 0.05) is 16.5 Å². The van der Waals surface area contributed by atoms with E-state index >= 15 is 0 Å². The summed E-state index contributed by atoms with van der Waals surface area (Å²) in [5, 5.41) is 13.1. The van der Waals surface area contributed by atoms with Crippen molar-refractivity contribution in [1.29, 1.82) is 0 Å². The molecule has 0 saturated heterocycles. The van der Waals surface area contributed by atoms with Crippen LogP contribution in [0.15, 0.2) is 24.3 Å². The second-order valence-corrected chi connectivity index (χ2v) is 6.65. The average molecular weight is 267 g/mol. The van der Waals surface area contributed by atoms with Gasteiger partial charge in [-0.2, -0.15) is 11.8 Å². The Hall–Kier alpha value is -0.510. The summed E-state index contributed by atoms with van der Waals surface area (Å²) in [6.07, 6.45) is 0.969. The quantitative estimate of drug-likeness (QED) is 0.796. The van der Waals surface area contributed by atoms with Crippen LogP contribution in [0.4, 0.5) is 0 Å². The third kappa shape index (κ3) is 4.63. The number of aliphatic hydroxyl groups excluding tert-OH is 1. The Balaban J connectivity index is 2.47. The first-order chi connectivity index (χ1) is 8.50. The van der Waals surface area contributed by atoms with Gasteiger partial charge in [-0.25, -0.2) is 0 Å². The lowest BCUT2D eigenvalue weighted by molar-refractivity contribution is 0.174. The zero-order valence-electron chi connectivity index (χ0n) is 11.9. The molecule has 2 unspecified atom stereocenters. The Morgan fingerprint density at radius 2 is 2.06 bits per heavy atom. The van der Waals surface area contributed by atoms with Crippen LogP contribution >= 0.6 is 11.8 Å². The Labute approximate surface area is 115 Å². The summed E-state index contributed by atoms with van der Waals surface area (Å²) in [5.74, 6) is 1.04. The van der Waals surface area contributed by atoms with Gasteiger partial charge >= 0.3 is 0 Å². The van der Waals surface area contributed by atoms with Crippen LogP contribution in [0.3, 0.4) is 0 Å². The average Bonchev–Trinajstić information content (AvgIpc) is 2.37. The van der Waals surface area contributed by atoms with Gasteiger partial charge in [0.25, 0.3) is 0 Å². The van der Waals surface area contributed by atoms with E-state index in [-0.39, 0.29) is 12.1 Å². The zero-order chi connectivity index (χ0) is 13.6. The normalized spacial score (nSPS) is 16.3. The van der Waals surface area contributed by atoms with Gasteiger partial charge in [-0.1, -0.05) is 31.2 Å². The first-order valence-electron chi connectivity index (χ1n) is 6.46. The second-order valence-electron chi connectivity index (χ2n) is 5.22. The van der Waals surface area contributed by atoms with Crippen molar-refractivity contribution < 1.29 is 5.11 Å². The van der Waals surface area contributed by atoms with E-state index in [0.717, 1.165) is 12.2 Å². The van der Waals surface area contributed by atoms with E-state index in [9.17, 15) is 5.11 Å². The lowest BCUT2D eigenvalue weighted by atomic mass is 9.97. The molecule has 18 heavy (non-hydrogen) atoms. The van der Waals surface area contributed by atoms with Gasteiger partial charge < -0.3 is 10.4 Å². The van der Waals surface area contributed by atoms with Gasteiger partial charge in [-0.3, -0.25) is 0 Å². The molecule has 2 atom stereocenters. The summed E-state index contributed by atoms with van der Waals surface area (Å²) >= 11 is 1.95. The third-order valence-electron chi connectivity index (χ3n) is 3.48. The molecule has 1 aromatic carbocycles. The van der Waals surface area contributed by atoms with Crippen LogP contribution in [0.1, 0.15) is 31.4 Å². The second kappa shape index (κ2) is 7.17. The number of likely N-dealkylation sites (N-methyl/N-ethyl adjacent to an activating group) is 1. The predicted octanol–water partition coefficient (Wildman–Crippen LogP) is 2.98. The number of aliphatic hydroxyl groups is 1. The Kier molecular flexibility index (Phi) is 6.19. The van der Waals surface area contributed by atoms with E-state index in [4.69, 9.17) is 0 Å². The van der Waals surface area contributed by atoms with E-state index in [1.165, 1.54) is 11.1 Å². The molecule has 1 aromatic rings. The van der Waals surface area contributed by atoms with Crippen molar-refractivity contribution in [1.82, 2.24) is 5.32 Å². The van der Waals surface area contributed by atoms with Crippen LogP contribution in [-0.4, -0.2) is 29.5 Å². The minimum absolute atomic E-state index is 0.169. The van der Waals surface area contributed by atoms with E-state index < -0.39 is 0 Å². The zero-order valence-corrected chi connectivity index (χ0v) is 12.7. The Morgan fingerprint density at radius 1 is 1.39 bits per heavy atom. The Morgan fingerprint density at radius 3 is 2.61 bits per heavy atom. The van der Waals surface area contributed by atoms with Crippen molar-refractivity contribution in [3.63, 3.8) is 0 Å². The molecule has 0 bridgehead atoms. The monoisotopic (exact) mass is 267 g/mol. The van der Waals surface area contributed by atoms with Crippen LogP contribution in [0, 0.1) is 6.92 Å². The minimum atomic E-state index is -0.169. The summed E-state index contributed by atoms with van der Waals surface area (Å²) < 4.78 is 0. The molecule has 0 radical (unpaired) electrons. The van der Waals surface area contributed by atoms with Gasteiger partial charge in [0.05, 0.1) is 6.61 Å². The van der Waals surface area contributed by atoms with E-state index in [1.807, 2.05) is 18.8 Å². The summed E-state index contributed by atoms with van der Waals surface area (Å²) in [5.41, 5.74) is 2.60. The summed E-state index contributed by atoms with van der Waals surface area (Å²) in [6.45, 7) is 6.64. The molecule has 0 saturated carbocycles. The van der Waals surface area contributed by atoms with Crippen molar-refractivity contribution >= 4 is 11.8 Å². The van der Waals surface area contributed by atoms with Crippen molar-refractivity contribution in [2.24, 2.45) is 0 Å². The highest BCUT2D eigenvalue weighted by Gasteiger charge is 2.23. The van der Waals surface area contributed by atoms with Gasteiger partial charge in [-0.15, -0.1) is 0 Å². The molecule has 0 aromatic heterocycles. The van der Waals surface area contributed by atoms with Crippen molar-refractivity contribution in [2.75, 3.05) is 13.7 Å². The molecular formula is C15H25NOS. The van der Waals surface area contributed by atoms with Gasteiger partial charge in [0.1, 0.15) is 0 Å². The summed E-state index contributed by atoms with van der Waals surface area (Å²) in [7, 11) is 1.91. The van der Waals surface area contributed by atoms with Crippen LogP contribution in [0.25, 0.3) is 0 Å². The van der Waals surface area contributed by atoms with Gasteiger partial charge in [0.15, 0.2) is 0 Å². The van der Waals surface area contributed by atoms with Crippen molar-refractivity contribution in [3.05, 3.63) is 35.4 Å². The van der Waals surface area contributed by atoms with Crippen LogP contribution in [-0.2, 0) is 5.75 Å². The molecule has 0 spiro atoms. The fraction of sp³-hybridized carbons (Fsp3) is 0.600. The molecule has 0 aliphatic heterocycles. The topological polar surface area (TPSA) is 32.3 Å². The van der Waals surface area contributed by atoms with Crippen molar-refractivity contribution in [3.8, 4) is 0 Å². The lowest BCUT2D eigenvalue weighted by Gasteiger charge is -2.29.